The quantitative estimate of drug-likeness (QED) is 0.295. The monoisotopic (exact) mass is 587 g/mol. The number of piperazine rings is 1. The van der Waals surface area contributed by atoms with Gasteiger partial charge in [0.25, 0.3) is 5.91 Å². The van der Waals surface area contributed by atoms with Crippen molar-refractivity contribution >= 4 is 22.6 Å². The fraction of sp³-hybridized carbons (Fsp3) is 0.469. The van der Waals surface area contributed by atoms with Crippen LogP contribution in [-0.2, 0) is 17.6 Å². The van der Waals surface area contributed by atoms with E-state index in [4.69, 9.17) is 16.3 Å². The Bertz CT molecular complexity index is 1610. The number of halogens is 2. The molecule has 2 aromatic heterocycles. The molecule has 0 N–H and O–H groups in total. The van der Waals surface area contributed by atoms with Crippen LogP contribution in [0.15, 0.2) is 36.9 Å². The van der Waals surface area contributed by atoms with Gasteiger partial charge in [-0.2, -0.15) is 9.97 Å². The van der Waals surface area contributed by atoms with Crippen LogP contribution in [0.5, 0.6) is 6.01 Å². The van der Waals surface area contributed by atoms with E-state index >= 15 is 4.39 Å². The molecule has 2 aliphatic heterocycles. The highest BCUT2D eigenvalue weighted by Gasteiger charge is 2.35. The molecule has 43 heavy (non-hydrogen) atoms. The van der Waals surface area contributed by atoms with Gasteiger partial charge < -0.3 is 24.3 Å². The van der Waals surface area contributed by atoms with Gasteiger partial charge in [0.05, 0.1) is 0 Å². The van der Waals surface area contributed by atoms with Crippen LogP contribution in [-0.4, -0.2) is 89.1 Å². The first-order chi connectivity index (χ1) is 20.9. The maximum atomic E-state index is 16.6. The summed E-state index contributed by atoms with van der Waals surface area (Å²) in [5.74, 6) is -1.89. The lowest BCUT2D eigenvalue weighted by atomic mass is 9.87. The van der Waals surface area contributed by atoms with Crippen LogP contribution in [0, 0.1) is 12.4 Å². The number of likely N-dealkylation sites (N-methyl/N-ethyl adjacent to an activating group) is 1. The van der Waals surface area contributed by atoms with Crippen molar-refractivity contribution in [2.75, 3.05) is 51.3 Å². The number of aryl methyl sites for hydroxylation is 1. The number of amides is 1. The van der Waals surface area contributed by atoms with E-state index in [9.17, 15) is 9.18 Å². The van der Waals surface area contributed by atoms with Crippen LogP contribution in [0.25, 0.3) is 26.9 Å². The molecule has 3 aliphatic rings. The summed E-state index contributed by atoms with van der Waals surface area (Å²) in [6.45, 7) is 12.6. The Labute approximate surface area is 250 Å². The van der Waals surface area contributed by atoms with Crippen LogP contribution in [0.2, 0.25) is 0 Å². The van der Waals surface area contributed by atoms with E-state index in [0.29, 0.717) is 29.9 Å². The van der Waals surface area contributed by atoms with Gasteiger partial charge >= 0.3 is 6.01 Å². The Morgan fingerprint density at radius 2 is 1.95 bits per heavy atom. The number of benzene rings is 1. The van der Waals surface area contributed by atoms with Gasteiger partial charge in [-0.05, 0) is 69.3 Å². The second-order valence-electron chi connectivity index (χ2n) is 11.6. The minimum absolute atomic E-state index is 0.0134. The predicted octanol–water partition coefficient (Wildman–Crippen LogP) is 4.60. The van der Waals surface area contributed by atoms with E-state index in [0.717, 1.165) is 61.8 Å². The second-order valence-corrected chi connectivity index (χ2v) is 11.6. The first-order valence-corrected chi connectivity index (χ1v) is 14.9. The summed E-state index contributed by atoms with van der Waals surface area (Å²) < 4.78 is 36.5. The molecule has 0 unspecified atom stereocenters. The van der Waals surface area contributed by atoms with Gasteiger partial charge in [-0.1, -0.05) is 12.6 Å². The van der Waals surface area contributed by atoms with Crippen LogP contribution in [0.3, 0.4) is 0 Å². The van der Waals surface area contributed by atoms with Crippen molar-refractivity contribution in [2.24, 2.45) is 0 Å². The van der Waals surface area contributed by atoms with Crippen molar-refractivity contribution < 1.29 is 18.3 Å². The van der Waals surface area contributed by atoms with Crippen molar-refractivity contribution in [1.29, 1.82) is 0 Å². The van der Waals surface area contributed by atoms with E-state index in [2.05, 4.69) is 33.3 Å². The Morgan fingerprint density at radius 3 is 2.72 bits per heavy atom. The number of carbonyl (C=O) groups is 1. The maximum Gasteiger partial charge on any atom is 0.319 e. The normalized spacial score (nSPS) is 20.6. The molecule has 6 rings (SSSR count). The number of ether oxygens (including phenoxy) is 1. The van der Waals surface area contributed by atoms with Crippen molar-refractivity contribution in [1.82, 2.24) is 24.8 Å². The molecule has 224 valence electrons. The second kappa shape index (κ2) is 12.2. The summed E-state index contributed by atoms with van der Waals surface area (Å²) in [5.41, 5.74) is 3.65. The predicted molar refractivity (Wildman–Crippen MR) is 160 cm³/mol. The summed E-state index contributed by atoms with van der Waals surface area (Å²) in [5, 5.41) is 0.501. The van der Waals surface area contributed by atoms with E-state index in [-0.39, 0.29) is 37.2 Å². The maximum absolute atomic E-state index is 16.6. The number of carbonyl (C=O) groups excluding carboxylic acids is 1. The summed E-state index contributed by atoms with van der Waals surface area (Å²) >= 11 is 0. The molecule has 0 saturated carbocycles. The Balaban J connectivity index is 1.42. The highest BCUT2D eigenvalue weighted by Crippen LogP contribution is 2.37. The van der Waals surface area contributed by atoms with Gasteiger partial charge in [-0.15, -0.1) is 0 Å². The number of nitrogens with zero attached hydrogens (tertiary/aromatic N) is 7. The largest absolute Gasteiger partial charge is 0.462 e. The standard InChI is InChI=1S/C32H35F2N7O2/c1-20(33)31(42)41-14-13-40(18-23(41)16-35-2)30-26-11-10-25(27-17-36-15-21-7-4-5-9-24(21)27)28(34)29(26)37-32(38-30)43-19-22-8-6-12-39(22)3/h10-11,15,17,22-23H,1,4-9,12-14,16,18-19H2,3H3/t22-,23-/m0/s1. The van der Waals surface area contributed by atoms with Crippen molar-refractivity contribution in [2.45, 2.75) is 50.6 Å². The van der Waals surface area contributed by atoms with Gasteiger partial charge in [-0.25, -0.2) is 15.4 Å². The lowest BCUT2D eigenvalue weighted by molar-refractivity contribution is -0.131. The minimum atomic E-state index is -1.06. The molecule has 1 aromatic carbocycles. The molecule has 0 bridgehead atoms. The first kappa shape index (κ1) is 28.9. The number of rotatable bonds is 7. The van der Waals surface area contributed by atoms with Gasteiger partial charge in [-0.3, -0.25) is 9.78 Å². The van der Waals surface area contributed by atoms with E-state index in [1.807, 2.05) is 17.2 Å². The lowest BCUT2D eigenvalue weighted by Crippen LogP contribution is -2.56. The van der Waals surface area contributed by atoms with Crippen LogP contribution in [0.4, 0.5) is 14.6 Å². The molecular formula is C32H35F2N7O2. The Morgan fingerprint density at radius 1 is 1.12 bits per heavy atom. The molecule has 2 saturated heterocycles. The minimum Gasteiger partial charge on any atom is -0.462 e. The average Bonchev–Trinajstić information content (AvgIpc) is 3.44. The number of hydrogen-bond donors (Lipinski definition) is 0. The van der Waals surface area contributed by atoms with Crippen molar-refractivity contribution in [3.8, 4) is 17.1 Å². The first-order valence-electron chi connectivity index (χ1n) is 14.9. The molecule has 2 fully saturated rings. The van der Waals surface area contributed by atoms with Gasteiger partial charge in [0.15, 0.2) is 11.6 Å². The topological polar surface area (TPSA) is 79.1 Å². The molecule has 1 aliphatic carbocycles. The summed E-state index contributed by atoms with van der Waals surface area (Å²) in [6.07, 6.45) is 9.64. The van der Waals surface area contributed by atoms with Crippen molar-refractivity contribution in [3.05, 3.63) is 65.3 Å². The summed E-state index contributed by atoms with van der Waals surface area (Å²) in [6, 6.07) is 3.29. The fourth-order valence-electron chi connectivity index (χ4n) is 6.62. The third kappa shape index (κ3) is 5.64. The third-order valence-electron chi connectivity index (χ3n) is 8.98. The van der Waals surface area contributed by atoms with Crippen LogP contribution >= 0.6 is 0 Å². The number of likely N-dealkylation sites (tertiary alicyclic amines) is 1. The molecule has 0 spiro atoms. The Kier molecular flexibility index (Phi) is 8.21. The molecule has 4 heterocycles. The number of anilines is 1. The smallest absolute Gasteiger partial charge is 0.319 e. The molecule has 11 heteroatoms. The van der Waals surface area contributed by atoms with Crippen molar-refractivity contribution in [3.63, 3.8) is 0 Å². The molecule has 0 radical (unpaired) electrons. The van der Waals surface area contributed by atoms with Gasteiger partial charge in [0.2, 0.25) is 6.54 Å². The number of aromatic nitrogens is 3. The summed E-state index contributed by atoms with van der Waals surface area (Å²) in [4.78, 5) is 35.2. The molecule has 3 aromatic rings. The molecular weight excluding hydrogens is 552 g/mol. The Hall–Kier alpha value is -4.17. The van der Waals surface area contributed by atoms with E-state index in [1.165, 1.54) is 4.90 Å². The number of hydrogen-bond acceptors (Lipinski definition) is 7. The van der Waals surface area contributed by atoms with E-state index in [1.54, 1.807) is 12.3 Å². The number of fused-ring (bicyclic) bond motifs is 2. The zero-order valence-electron chi connectivity index (χ0n) is 24.4. The lowest BCUT2D eigenvalue weighted by Gasteiger charge is -2.39. The summed E-state index contributed by atoms with van der Waals surface area (Å²) in [7, 11) is 2.05. The zero-order chi connectivity index (χ0) is 30.1. The average molecular weight is 588 g/mol. The number of pyridine rings is 1. The molecule has 9 nitrogen and oxygen atoms in total. The zero-order valence-corrected chi connectivity index (χ0v) is 24.4. The highest BCUT2D eigenvalue weighted by atomic mass is 19.1. The van der Waals surface area contributed by atoms with Crippen LogP contribution < -0.4 is 9.64 Å². The molecule has 2 atom stereocenters. The molecule has 1 amide bonds. The van der Waals surface area contributed by atoms with E-state index < -0.39 is 23.6 Å². The third-order valence-corrected chi connectivity index (χ3v) is 8.98. The highest BCUT2D eigenvalue weighted by molar-refractivity contribution is 5.94. The van der Waals surface area contributed by atoms with Crippen LogP contribution in [0.1, 0.15) is 36.8 Å². The van der Waals surface area contributed by atoms with Gasteiger partial charge in [0.1, 0.15) is 24.0 Å². The van der Waals surface area contributed by atoms with Gasteiger partial charge in [0, 0.05) is 54.6 Å². The SMILES string of the molecule is [C-]#[N+]C[C@H]1CN(c2nc(OC[C@@H]3CCCN3C)nc3c(F)c(-c4cncc5c4CCCC5)ccc23)CCN1C(=O)C(=C)F. The fourth-order valence-corrected chi connectivity index (χ4v) is 6.62.